The molecule has 3 heteroatoms. The standard InChI is InChI=1S/C15H22N2O/c1-4-9-17(13-6-7-13)15(18)12-5-8-14(16-3)11(2)10-12/h5,8,10,13,16H,4,6-7,9H2,1-3H3. The second-order valence-corrected chi connectivity index (χ2v) is 5.01. The van der Waals surface area contributed by atoms with Gasteiger partial charge in [-0.2, -0.15) is 0 Å². The van der Waals surface area contributed by atoms with E-state index in [1.807, 2.05) is 37.1 Å². The van der Waals surface area contributed by atoms with E-state index < -0.39 is 0 Å². The predicted octanol–water partition coefficient (Wildman–Crippen LogP) is 3.05. The topological polar surface area (TPSA) is 32.3 Å². The summed E-state index contributed by atoms with van der Waals surface area (Å²) in [6.45, 7) is 5.03. The molecule has 1 fully saturated rings. The first-order valence-corrected chi connectivity index (χ1v) is 6.76. The van der Waals surface area contributed by atoms with Crippen molar-refractivity contribution < 1.29 is 4.79 Å². The predicted molar refractivity (Wildman–Crippen MR) is 75.1 cm³/mol. The summed E-state index contributed by atoms with van der Waals surface area (Å²) in [5.74, 6) is 0.185. The molecule has 1 saturated carbocycles. The first-order valence-electron chi connectivity index (χ1n) is 6.76. The van der Waals surface area contributed by atoms with Gasteiger partial charge in [-0.05, 0) is 49.9 Å². The fraction of sp³-hybridized carbons (Fsp3) is 0.533. The Balaban J connectivity index is 2.18. The van der Waals surface area contributed by atoms with Crippen molar-refractivity contribution in [2.45, 2.75) is 39.2 Å². The number of benzene rings is 1. The van der Waals surface area contributed by atoms with E-state index in [1.54, 1.807) is 0 Å². The molecule has 0 atom stereocenters. The maximum absolute atomic E-state index is 12.5. The second-order valence-electron chi connectivity index (χ2n) is 5.01. The molecule has 0 radical (unpaired) electrons. The molecule has 98 valence electrons. The van der Waals surface area contributed by atoms with Crippen molar-refractivity contribution >= 4 is 11.6 Å². The van der Waals surface area contributed by atoms with Crippen molar-refractivity contribution in [2.24, 2.45) is 0 Å². The van der Waals surface area contributed by atoms with Gasteiger partial charge in [-0.3, -0.25) is 4.79 Å². The number of carbonyl (C=O) groups excluding carboxylic acids is 1. The number of nitrogens with zero attached hydrogens (tertiary/aromatic N) is 1. The molecule has 0 unspecified atom stereocenters. The van der Waals surface area contributed by atoms with Crippen molar-refractivity contribution in [3.05, 3.63) is 29.3 Å². The lowest BCUT2D eigenvalue weighted by Gasteiger charge is -2.22. The number of carbonyl (C=O) groups is 1. The summed E-state index contributed by atoms with van der Waals surface area (Å²) >= 11 is 0. The lowest BCUT2D eigenvalue weighted by Crippen LogP contribution is -2.33. The molecule has 0 aromatic heterocycles. The van der Waals surface area contributed by atoms with Crippen molar-refractivity contribution in [1.82, 2.24) is 4.90 Å². The molecule has 1 aromatic rings. The zero-order chi connectivity index (χ0) is 13.1. The van der Waals surface area contributed by atoms with Crippen LogP contribution < -0.4 is 5.32 Å². The summed E-state index contributed by atoms with van der Waals surface area (Å²) in [6.07, 6.45) is 3.36. The van der Waals surface area contributed by atoms with Crippen LogP contribution in [0.25, 0.3) is 0 Å². The molecule has 0 bridgehead atoms. The van der Waals surface area contributed by atoms with Crippen LogP contribution in [0, 0.1) is 6.92 Å². The fourth-order valence-electron chi connectivity index (χ4n) is 2.32. The Bertz CT molecular complexity index is 438. The molecular weight excluding hydrogens is 224 g/mol. The number of rotatable bonds is 5. The highest BCUT2D eigenvalue weighted by Crippen LogP contribution is 2.29. The van der Waals surface area contributed by atoms with Gasteiger partial charge in [-0.25, -0.2) is 0 Å². The smallest absolute Gasteiger partial charge is 0.254 e. The van der Waals surface area contributed by atoms with Gasteiger partial charge < -0.3 is 10.2 Å². The van der Waals surface area contributed by atoms with E-state index in [1.165, 1.54) is 12.8 Å². The molecule has 3 nitrogen and oxygen atoms in total. The lowest BCUT2D eigenvalue weighted by atomic mass is 10.1. The van der Waals surface area contributed by atoms with E-state index in [2.05, 4.69) is 12.2 Å². The number of hydrogen-bond donors (Lipinski definition) is 1. The fourth-order valence-corrected chi connectivity index (χ4v) is 2.32. The van der Waals surface area contributed by atoms with Crippen LogP contribution in [0.15, 0.2) is 18.2 Å². The highest BCUT2D eigenvalue weighted by atomic mass is 16.2. The van der Waals surface area contributed by atoms with E-state index in [9.17, 15) is 4.79 Å². The third-order valence-corrected chi connectivity index (χ3v) is 3.46. The van der Waals surface area contributed by atoms with Crippen LogP contribution in [0.4, 0.5) is 5.69 Å². The van der Waals surface area contributed by atoms with Crippen molar-refractivity contribution in [2.75, 3.05) is 18.9 Å². The Morgan fingerprint density at radius 2 is 2.17 bits per heavy atom. The van der Waals surface area contributed by atoms with Gasteiger partial charge in [0, 0.05) is 30.9 Å². The van der Waals surface area contributed by atoms with Crippen molar-refractivity contribution in [3.8, 4) is 0 Å². The summed E-state index contributed by atoms with van der Waals surface area (Å²) in [5.41, 5.74) is 3.02. The highest BCUT2D eigenvalue weighted by molar-refractivity contribution is 5.95. The Morgan fingerprint density at radius 1 is 1.44 bits per heavy atom. The monoisotopic (exact) mass is 246 g/mol. The first-order chi connectivity index (χ1) is 8.67. The number of anilines is 1. The molecule has 0 saturated heterocycles. The van der Waals surface area contributed by atoms with Gasteiger partial charge in [0.05, 0.1) is 0 Å². The zero-order valence-corrected chi connectivity index (χ0v) is 11.5. The molecule has 1 N–H and O–H groups in total. The molecule has 1 aromatic carbocycles. The Hall–Kier alpha value is -1.51. The van der Waals surface area contributed by atoms with Gasteiger partial charge in [0.1, 0.15) is 0 Å². The summed E-state index contributed by atoms with van der Waals surface area (Å²) in [5, 5.41) is 3.13. The Labute approximate surface area is 109 Å². The van der Waals surface area contributed by atoms with Crippen LogP contribution in [0.1, 0.15) is 42.1 Å². The summed E-state index contributed by atoms with van der Waals surface area (Å²) in [6, 6.07) is 6.38. The van der Waals surface area contributed by atoms with Gasteiger partial charge in [-0.15, -0.1) is 0 Å². The largest absolute Gasteiger partial charge is 0.388 e. The Kier molecular flexibility index (Phi) is 3.90. The van der Waals surface area contributed by atoms with Gasteiger partial charge in [0.25, 0.3) is 5.91 Å². The highest BCUT2D eigenvalue weighted by Gasteiger charge is 2.32. The van der Waals surface area contributed by atoms with Crippen molar-refractivity contribution in [3.63, 3.8) is 0 Å². The van der Waals surface area contributed by atoms with E-state index in [4.69, 9.17) is 0 Å². The van der Waals surface area contributed by atoms with Gasteiger partial charge in [0.2, 0.25) is 0 Å². The molecule has 18 heavy (non-hydrogen) atoms. The van der Waals surface area contributed by atoms with E-state index >= 15 is 0 Å². The molecule has 1 amide bonds. The second kappa shape index (κ2) is 5.42. The quantitative estimate of drug-likeness (QED) is 0.866. The van der Waals surface area contributed by atoms with Crippen LogP contribution >= 0.6 is 0 Å². The first kappa shape index (κ1) is 12.9. The van der Waals surface area contributed by atoms with Crippen LogP contribution in [0.5, 0.6) is 0 Å². The van der Waals surface area contributed by atoms with E-state index in [0.29, 0.717) is 6.04 Å². The number of aryl methyl sites for hydroxylation is 1. The van der Waals surface area contributed by atoms with Crippen LogP contribution in [-0.4, -0.2) is 30.4 Å². The normalized spacial score (nSPS) is 14.4. The molecule has 2 rings (SSSR count). The minimum Gasteiger partial charge on any atom is -0.388 e. The van der Waals surface area contributed by atoms with E-state index in [0.717, 1.165) is 29.8 Å². The van der Waals surface area contributed by atoms with Gasteiger partial charge in [0.15, 0.2) is 0 Å². The lowest BCUT2D eigenvalue weighted by molar-refractivity contribution is 0.0743. The molecule has 1 aliphatic rings. The molecule has 0 aliphatic heterocycles. The van der Waals surface area contributed by atoms with Crippen molar-refractivity contribution in [1.29, 1.82) is 0 Å². The van der Waals surface area contributed by atoms with Crippen LogP contribution in [-0.2, 0) is 0 Å². The summed E-state index contributed by atoms with van der Waals surface area (Å²) in [7, 11) is 1.90. The Morgan fingerprint density at radius 3 is 2.67 bits per heavy atom. The average molecular weight is 246 g/mol. The van der Waals surface area contributed by atoms with Gasteiger partial charge in [-0.1, -0.05) is 6.92 Å². The third-order valence-electron chi connectivity index (χ3n) is 3.46. The maximum Gasteiger partial charge on any atom is 0.254 e. The summed E-state index contributed by atoms with van der Waals surface area (Å²) < 4.78 is 0. The SMILES string of the molecule is CCCN(C(=O)c1ccc(NC)c(C)c1)C1CC1. The third kappa shape index (κ3) is 2.66. The number of hydrogen-bond acceptors (Lipinski definition) is 2. The molecule has 0 heterocycles. The summed E-state index contributed by atoms with van der Waals surface area (Å²) in [4.78, 5) is 14.5. The van der Waals surface area contributed by atoms with Crippen LogP contribution in [0.3, 0.4) is 0 Å². The molecule has 1 aliphatic carbocycles. The number of nitrogens with one attached hydrogen (secondary N) is 1. The zero-order valence-electron chi connectivity index (χ0n) is 11.5. The average Bonchev–Trinajstić information content (AvgIpc) is 3.19. The van der Waals surface area contributed by atoms with Gasteiger partial charge >= 0.3 is 0 Å². The van der Waals surface area contributed by atoms with Crippen LogP contribution in [0.2, 0.25) is 0 Å². The van der Waals surface area contributed by atoms with E-state index in [-0.39, 0.29) is 5.91 Å². The molecule has 0 spiro atoms. The minimum atomic E-state index is 0.185. The number of amides is 1. The maximum atomic E-state index is 12.5. The molecular formula is C15H22N2O. The minimum absolute atomic E-state index is 0.185.